The molecule has 0 aliphatic rings. The lowest BCUT2D eigenvalue weighted by Crippen LogP contribution is -2.11. The first-order valence-corrected chi connectivity index (χ1v) is 8.31. The van der Waals surface area contributed by atoms with E-state index in [4.69, 9.17) is 0 Å². The lowest BCUT2D eigenvalue weighted by molar-refractivity contribution is 0.701. The topological polar surface area (TPSA) is 12.0 Å². The summed E-state index contributed by atoms with van der Waals surface area (Å²) in [5.74, 6) is 0. The molecule has 0 saturated carbocycles. The zero-order valence-electron chi connectivity index (χ0n) is 12.4. The number of hydrogen-bond acceptors (Lipinski definition) is 1. The molecule has 0 aliphatic heterocycles. The molecule has 0 bridgehead atoms. The SMILES string of the molecule is CC/C=C\CC[C@H](Nc1ccccc1)c1ccccc1Br. The van der Waals surface area contributed by atoms with E-state index in [1.165, 1.54) is 5.56 Å². The highest BCUT2D eigenvalue weighted by Gasteiger charge is 2.13. The highest BCUT2D eigenvalue weighted by molar-refractivity contribution is 9.10. The van der Waals surface area contributed by atoms with E-state index < -0.39 is 0 Å². The molecule has 2 aromatic carbocycles. The van der Waals surface area contributed by atoms with Crippen LogP contribution in [0.3, 0.4) is 0 Å². The Morgan fingerprint density at radius 1 is 1.00 bits per heavy atom. The number of benzene rings is 2. The Kier molecular flexibility index (Phi) is 6.55. The van der Waals surface area contributed by atoms with Gasteiger partial charge in [0.25, 0.3) is 0 Å². The van der Waals surface area contributed by atoms with E-state index in [-0.39, 0.29) is 0 Å². The molecule has 21 heavy (non-hydrogen) atoms. The van der Waals surface area contributed by atoms with Crippen molar-refractivity contribution in [1.29, 1.82) is 0 Å². The van der Waals surface area contributed by atoms with Crippen LogP contribution >= 0.6 is 15.9 Å². The van der Waals surface area contributed by atoms with E-state index in [0.717, 1.165) is 29.4 Å². The zero-order chi connectivity index (χ0) is 14.9. The van der Waals surface area contributed by atoms with Crippen LogP contribution in [0.1, 0.15) is 37.8 Å². The van der Waals surface area contributed by atoms with Gasteiger partial charge in [-0.25, -0.2) is 0 Å². The average Bonchev–Trinajstić information content (AvgIpc) is 2.52. The Morgan fingerprint density at radius 3 is 2.43 bits per heavy atom. The van der Waals surface area contributed by atoms with Gasteiger partial charge in [0, 0.05) is 10.2 Å². The Labute approximate surface area is 136 Å². The van der Waals surface area contributed by atoms with Crippen LogP contribution in [0.2, 0.25) is 0 Å². The van der Waals surface area contributed by atoms with E-state index in [1.54, 1.807) is 0 Å². The molecule has 0 fully saturated rings. The second kappa shape index (κ2) is 8.68. The fraction of sp³-hybridized carbons (Fsp3) is 0.263. The predicted molar refractivity (Wildman–Crippen MR) is 95.6 cm³/mol. The smallest absolute Gasteiger partial charge is 0.0527 e. The highest BCUT2D eigenvalue weighted by atomic mass is 79.9. The lowest BCUT2D eigenvalue weighted by Gasteiger charge is -2.21. The van der Waals surface area contributed by atoms with Crippen molar-refractivity contribution < 1.29 is 0 Å². The van der Waals surface area contributed by atoms with Gasteiger partial charge in [-0.1, -0.05) is 71.4 Å². The molecule has 0 aromatic heterocycles. The monoisotopic (exact) mass is 343 g/mol. The second-order valence-corrected chi connectivity index (χ2v) is 5.90. The molecule has 0 radical (unpaired) electrons. The molecule has 110 valence electrons. The van der Waals surface area contributed by atoms with Gasteiger partial charge in [0.1, 0.15) is 0 Å². The molecular weight excluding hydrogens is 322 g/mol. The molecule has 0 aliphatic carbocycles. The number of anilines is 1. The Balaban J connectivity index is 2.14. The van der Waals surface area contributed by atoms with Crippen LogP contribution in [0.5, 0.6) is 0 Å². The van der Waals surface area contributed by atoms with Gasteiger partial charge in [-0.3, -0.25) is 0 Å². The molecule has 1 N–H and O–H groups in total. The van der Waals surface area contributed by atoms with Gasteiger partial charge in [-0.05, 0) is 43.0 Å². The van der Waals surface area contributed by atoms with Crippen LogP contribution in [-0.4, -0.2) is 0 Å². The first-order chi connectivity index (χ1) is 10.3. The highest BCUT2D eigenvalue weighted by Crippen LogP contribution is 2.29. The normalized spacial score (nSPS) is 12.5. The van der Waals surface area contributed by atoms with Crippen LogP contribution in [0.25, 0.3) is 0 Å². The third kappa shape index (κ3) is 5.05. The van der Waals surface area contributed by atoms with Crippen LogP contribution in [0.4, 0.5) is 5.69 Å². The van der Waals surface area contributed by atoms with Gasteiger partial charge in [-0.2, -0.15) is 0 Å². The van der Waals surface area contributed by atoms with E-state index in [0.29, 0.717) is 6.04 Å². The first-order valence-electron chi connectivity index (χ1n) is 7.52. The molecule has 1 atom stereocenters. The number of halogens is 1. The van der Waals surface area contributed by atoms with Crippen LogP contribution < -0.4 is 5.32 Å². The summed E-state index contributed by atoms with van der Waals surface area (Å²) >= 11 is 3.67. The predicted octanol–water partition coefficient (Wildman–Crippen LogP) is 6.35. The summed E-state index contributed by atoms with van der Waals surface area (Å²) in [6.07, 6.45) is 7.77. The van der Waals surface area contributed by atoms with Gasteiger partial charge in [0.2, 0.25) is 0 Å². The van der Waals surface area contributed by atoms with Crippen LogP contribution in [0.15, 0.2) is 71.2 Å². The van der Waals surface area contributed by atoms with Gasteiger partial charge >= 0.3 is 0 Å². The third-order valence-electron chi connectivity index (χ3n) is 3.42. The van der Waals surface area contributed by atoms with Gasteiger partial charge in [-0.15, -0.1) is 0 Å². The van der Waals surface area contributed by atoms with Crippen molar-refractivity contribution in [2.75, 3.05) is 5.32 Å². The molecule has 2 heteroatoms. The van der Waals surface area contributed by atoms with E-state index in [1.807, 2.05) is 6.07 Å². The molecule has 2 rings (SSSR count). The van der Waals surface area contributed by atoms with Crippen molar-refractivity contribution in [2.24, 2.45) is 0 Å². The maximum Gasteiger partial charge on any atom is 0.0527 e. The number of rotatable bonds is 7. The molecule has 0 saturated heterocycles. The standard InChI is InChI=1S/C19H22BrN/c1-2-3-4-8-15-19(17-13-9-10-14-18(17)20)21-16-11-6-5-7-12-16/h3-7,9-14,19,21H,2,8,15H2,1H3/b4-3-/t19-/m0/s1. The molecule has 2 aromatic rings. The van der Waals surface area contributed by atoms with Gasteiger partial charge < -0.3 is 5.32 Å². The lowest BCUT2D eigenvalue weighted by atomic mass is 10.0. The Hall–Kier alpha value is -1.54. The van der Waals surface area contributed by atoms with Gasteiger partial charge in [0.15, 0.2) is 0 Å². The molecule has 1 nitrogen and oxygen atoms in total. The van der Waals surface area contributed by atoms with Crippen LogP contribution in [0, 0.1) is 0 Å². The summed E-state index contributed by atoms with van der Waals surface area (Å²) in [6.45, 7) is 2.17. The van der Waals surface area contributed by atoms with E-state index in [9.17, 15) is 0 Å². The summed E-state index contributed by atoms with van der Waals surface area (Å²) in [7, 11) is 0. The number of allylic oxidation sites excluding steroid dienone is 2. The molecule has 0 heterocycles. The van der Waals surface area contributed by atoms with E-state index >= 15 is 0 Å². The fourth-order valence-electron chi connectivity index (χ4n) is 2.35. The number of nitrogens with one attached hydrogen (secondary N) is 1. The van der Waals surface area contributed by atoms with Crippen molar-refractivity contribution in [2.45, 2.75) is 32.2 Å². The fourth-order valence-corrected chi connectivity index (χ4v) is 2.91. The first kappa shape index (κ1) is 15.8. The van der Waals surface area contributed by atoms with Gasteiger partial charge in [0.05, 0.1) is 6.04 Å². The van der Waals surface area contributed by atoms with Crippen molar-refractivity contribution in [3.63, 3.8) is 0 Å². The minimum Gasteiger partial charge on any atom is -0.378 e. The minimum absolute atomic E-state index is 0.310. The summed E-state index contributed by atoms with van der Waals surface area (Å²) in [4.78, 5) is 0. The molecule has 0 amide bonds. The number of para-hydroxylation sites is 1. The summed E-state index contributed by atoms with van der Waals surface area (Å²) in [6, 6.07) is 19.2. The van der Waals surface area contributed by atoms with Crippen molar-refractivity contribution in [1.82, 2.24) is 0 Å². The van der Waals surface area contributed by atoms with Crippen molar-refractivity contribution in [3.8, 4) is 0 Å². The molecule has 0 unspecified atom stereocenters. The third-order valence-corrected chi connectivity index (χ3v) is 4.14. The average molecular weight is 344 g/mol. The zero-order valence-corrected chi connectivity index (χ0v) is 14.0. The Bertz CT molecular complexity index is 563. The minimum atomic E-state index is 0.310. The largest absolute Gasteiger partial charge is 0.378 e. The maximum atomic E-state index is 3.67. The molecule has 0 spiro atoms. The van der Waals surface area contributed by atoms with Crippen molar-refractivity contribution in [3.05, 3.63) is 76.8 Å². The van der Waals surface area contributed by atoms with Crippen LogP contribution in [-0.2, 0) is 0 Å². The summed E-state index contributed by atoms with van der Waals surface area (Å²) < 4.78 is 1.16. The van der Waals surface area contributed by atoms with Crippen molar-refractivity contribution >= 4 is 21.6 Å². The maximum absolute atomic E-state index is 3.67. The summed E-state index contributed by atoms with van der Waals surface area (Å²) in [5.41, 5.74) is 2.48. The van der Waals surface area contributed by atoms with E-state index in [2.05, 4.69) is 88.9 Å². The second-order valence-electron chi connectivity index (χ2n) is 5.04. The number of hydrogen-bond donors (Lipinski definition) is 1. The Morgan fingerprint density at radius 2 is 1.71 bits per heavy atom. The summed E-state index contributed by atoms with van der Waals surface area (Å²) in [5, 5.41) is 3.65. The quantitative estimate of drug-likeness (QED) is 0.577. The molecular formula is C19H22BrN.